The minimum absolute atomic E-state index is 0.462. The second kappa shape index (κ2) is 5.58. The summed E-state index contributed by atoms with van der Waals surface area (Å²) in [5.74, 6) is 0. The van der Waals surface area contributed by atoms with Crippen LogP contribution in [0, 0.1) is 6.92 Å². The Bertz CT molecular complexity index is 597. The first-order chi connectivity index (χ1) is 9.35. The van der Waals surface area contributed by atoms with E-state index in [-0.39, 0.29) is 0 Å². The van der Waals surface area contributed by atoms with Gasteiger partial charge in [-0.05, 0) is 25.8 Å². The van der Waals surface area contributed by atoms with Crippen molar-refractivity contribution >= 4 is 11.6 Å². The highest BCUT2D eigenvalue weighted by Gasteiger charge is 2.26. The summed E-state index contributed by atoms with van der Waals surface area (Å²) >= 11 is 6.41. The summed E-state index contributed by atoms with van der Waals surface area (Å²) < 4.78 is 1.85. The monoisotopic (exact) mass is 291 g/mol. The molecule has 108 valence electrons. The topological polar surface area (TPSA) is 43.8 Å². The van der Waals surface area contributed by atoms with Crippen LogP contribution < -0.4 is 5.73 Å². The predicted molar refractivity (Wildman–Crippen MR) is 84.0 cm³/mol. The summed E-state index contributed by atoms with van der Waals surface area (Å²) in [5, 5.41) is 5.20. The molecule has 0 radical (unpaired) electrons. The summed E-state index contributed by atoms with van der Waals surface area (Å²) in [6, 6.07) is 8.34. The van der Waals surface area contributed by atoms with Crippen molar-refractivity contribution in [1.82, 2.24) is 9.78 Å². The van der Waals surface area contributed by atoms with Crippen LogP contribution in [0.2, 0.25) is 5.02 Å². The van der Waals surface area contributed by atoms with Crippen LogP contribution in [-0.2, 0) is 25.4 Å². The first-order valence-corrected chi connectivity index (χ1v) is 7.29. The average molecular weight is 292 g/mol. The summed E-state index contributed by atoms with van der Waals surface area (Å²) in [7, 11) is 1.92. The van der Waals surface area contributed by atoms with Crippen molar-refractivity contribution in [3.05, 3.63) is 51.8 Å². The first-order valence-electron chi connectivity index (χ1n) is 6.91. The van der Waals surface area contributed by atoms with Crippen molar-refractivity contribution in [1.29, 1.82) is 0 Å². The fraction of sp³-hybridized carbons (Fsp3) is 0.438. The predicted octanol–water partition coefficient (Wildman–Crippen LogP) is 3.36. The van der Waals surface area contributed by atoms with Crippen LogP contribution in [0.5, 0.6) is 0 Å². The van der Waals surface area contributed by atoms with E-state index in [0.29, 0.717) is 6.42 Å². The molecule has 0 bridgehead atoms. The van der Waals surface area contributed by atoms with Gasteiger partial charge in [-0.3, -0.25) is 4.68 Å². The third-order valence-electron chi connectivity index (χ3n) is 3.75. The smallest absolute Gasteiger partial charge is 0.0850 e. The fourth-order valence-corrected chi connectivity index (χ4v) is 2.76. The molecule has 20 heavy (non-hydrogen) atoms. The molecule has 0 spiro atoms. The van der Waals surface area contributed by atoms with E-state index >= 15 is 0 Å². The molecule has 1 unspecified atom stereocenters. The number of halogens is 1. The normalized spacial score (nSPS) is 14.3. The third kappa shape index (κ3) is 2.89. The molecule has 0 aliphatic heterocycles. The zero-order chi connectivity index (χ0) is 14.9. The van der Waals surface area contributed by atoms with Gasteiger partial charge < -0.3 is 5.73 Å². The van der Waals surface area contributed by atoms with Gasteiger partial charge in [-0.1, -0.05) is 48.4 Å². The lowest BCUT2D eigenvalue weighted by atomic mass is 9.88. The van der Waals surface area contributed by atoms with Crippen molar-refractivity contribution in [2.75, 3.05) is 0 Å². The zero-order valence-electron chi connectivity index (χ0n) is 12.6. The Morgan fingerprint density at radius 1 is 1.30 bits per heavy atom. The molecular formula is C16H22ClN3. The molecule has 0 saturated heterocycles. The minimum Gasteiger partial charge on any atom is -0.321 e. The maximum atomic E-state index is 6.51. The van der Waals surface area contributed by atoms with Gasteiger partial charge in [0.05, 0.1) is 16.4 Å². The summed E-state index contributed by atoms with van der Waals surface area (Å²) in [5.41, 5.74) is 10.3. The molecule has 1 aromatic carbocycles. The lowest BCUT2D eigenvalue weighted by molar-refractivity contribution is 0.472. The molecule has 4 heteroatoms. The van der Waals surface area contributed by atoms with Crippen LogP contribution in [0.4, 0.5) is 0 Å². The Kier molecular flexibility index (Phi) is 4.21. The number of rotatable bonds is 4. The lowest BCUT2D eigenvalue weighted by Crippen LogP contribution is -2.36. The molecule has 1 heterocycles. The summed E-state index contributed by atoms with van der Waals surface area (Å²) in [6.45, 7) is 6.16. The highest BCUT2D eigenvalue weighted by atomic mass is 35.5. The maximum Gasteiger partial charge on any atom is 0.0850 e. The molecule has 0 aliphatic rings. The molecule has 0 aliphatic carbocycles. The standard InChI is InChI=1S/C16H22ClN3/c1-5-13-15(17)14(20(4)19-13)10-16(3,18)12-8-6-11(2)7-9-12/h6-9H,5,10,18H2,1-4H3. The lowest BCUT2D eigenvalue weighted by Gasteiger charge is -2.25. The van der Waals surface area contributed by atoms with E-state index in [1.54, 1.807) is 0 Å². The van der Waals surface area contributed by atoms with Crippen molar-refractivity contribution in [2.24, 2.45) is 12.8 Å². The first kappa shape index (κ1) is 15.1. The van der Waals surface area contributed by atoms with Crippen LogP contribution in [-0.4, -0.2) is 9.78 Å². The second-order valence-electron chi connectivity index (χ2n) is 5.64. The summed E-state index contributed by atoms with van der Waals surface area (Å²) in [4.78, 5) is 0. The number of nitrogens with two attached hydrogens (primary N) is 1. The second-order valence-corrected chi connectivity index (χ2v) is 6.02. The van der Waals surface area contributed by atoms with E-state index in [4.69, 9.17) is 17.3 Å². The van der Waals surface area contributed by atoms with Gasteiger partial charge in [-0.25, -0.2) is 0 Å². The molecular weight excluding hydrogens is 270 g/mol. The number of hydrogen-bond donors (Lipinski definition) is 1. The quantitative estimate of drug-likeness (QED) is 0.939. The van der Waals surface area contributed by atoms with Crippen molar-refractivity contribution in [2.45, 2.75) is 39.2 Å². The SMILES string of the molecule is CCc1nn(C)c(CC(C)(N)c2ccc(C)cc2)c1Cl. The van der Waals surface area contributed by atoms with Crippen molar-refractivity contribution in [3.8, 4) is 0 Å². The Morgan fingerprint density at radius 2 is 1.90 bits per heavy atom. The van der Waals surface area contributed by atoms with E-state index in [2.05, 4.69) is 43.2 Å². The maximum absolute atomic E-state index is 6.51. The number of aryl methyl sites for hydroxylation is 3. The molecule has 1 atom stereocenters. The number of benzene rings is 1. The van der Waals surface area contributed by atoms with E-state index in [0.717, 1.165) is 28.4 Å². The van der Waals surface area contributed by atoms with Gasteiger partial charge in [0.1, 0.15) is 0 Å². The van der Waals surface area contributed by atoms with Gasteiger partial charge in [0.15, 0.2) is 0 Å². The minimum atomic E-state index is -0.462. The van der Waals surface area contributed by atoms with Gasteiger partial charge in [0.25, 0.3) is 0 Å². The van der Waals surface area contributed by atoms with Gasteiger partial charge in [0.2, 0.25) is 0 Å². The van der Waals surface area contributed by atoms with Crippen LogP contribution in [0.25, 0.3) is 0 Å². The van der Waals surface area contributed by atoms with E-state index in [9.17, 15) is 0 Å². The Balaban J connectivity index is 2.32. The van der Waals surface area contributed by atoms with Gasteiger partial charge in [-0.15, -0.1) is 0 Å². The van der Waals surface area contributed by atoms with Crippen molar-refractivity contribution < 1.29 is 0 Å². The Morgan fingerprint density at radius 3 is 2.40 bits per heavy atom. The van der Waals surface area contributed by atoms with Gasteiger partial charge in [-0.2, -0.15) is 5.10 Å². The highest BCUT2D eigenvalue weighted by molar-refractivity contribution is 6.31. The third-order valence-corrected chi connectivity index (χ3v) is 4.18. The van der Waals surface area contributed by atoms with Crippen LogP contribution in [0.15, 0.2) is 24.3 Å². The molecule has 3 nitrogen and oxygen atoms in total. The summed E-state index contributed by atoms with van der Waals surface area (Å²) in [6.07, 6.45) is 1.50. The van der Waals surface area contributed by atoms with Gasteiger partial charge >= 0.3 is 0 Å². The number of nitrogens with zero attached hydrogens (tertiary/aromatic N) is 2. The Hall–Kier alpha value is -1.32. The molecule has 2 rings (SSSR count). The number of aromatic nitrogens is 2. The fourth-order valence-electron chi connectivity index (χ4n) is 2.40. The van der Waals surface area contributed by atoms with E-state index in [1.807, 2.05) is 18.7 Å². The Labute approximate surface area is 125 Å². The molecule has 0 saturated carbocycles. The number of hydrogen-bond acceptors (Lipinski definition) is 2. The van der Waals surface area contributed by atoms with E-state index in [1.165, 1.54) is 5.56 Å². The van der Waals surface area contributed by atoms with Gasteiger partial charge in [0, 0.05) is 19.0 Å². The average Bonchev–Trinajstić information content (AvgIpc) is 2.66. The molecule has 0 amide bonds. The highest BCUT2D eigenvalue weighted by Crippen LogP contribution is 2.28. The van der Waals surface area contributed by atoms with Crippen LogP contribution in [0.3, 0.4) is 0 Å². The molecule has 1 aromatic heterocycles. The molecule has 0 fully saturated rings. The van der Waals surface area contributed by atoms with Crippen LogP contribution in [0.1, 0.15) is 36.4 Å². The van der Waals surface area contributed by atoms with E-state index < -0.39 is 5.54 Å². The largest absolute Gasteiger partial charge is 0.321 e. The van der Waals surface area contributed by atoms with Crippen LogP contribution >= 0.6 is 11.6 Å². The van der Waals surface area contributed by atoms with Crippen molar-refractivity contribution in [3.63, 3.8) is 0 Å². The zero-order valence-corrected chi connectivity index (χ0v) is 13.3. The molecule has 2 aromatic rings. The molecule has 2 N–H and O–H groups in total.